The molecule has 28 heavy (non-hydrogen) atoms. The minimum absolute atomic E-state index is 0.659. The topological polar surface area (TPSA) is 75.2 Å². The van der Waals surface area contributed by atoms with E-state index in [4.69, 9.17) is 9.84 Å². The lowest BCUT2D eigenvalue weighted by Gasteiger charge is -2.04. The highest BCUT2D eigenvalue weighted by atomic mass is 16.5. The SMILES string of the molecule is O=C(O)/C=C/c1ccc(Cc2nc3ccc(Oc4ccccc4)cc3[nH]2)cc1. The van der Waals surface area contributed by atoms with Crippen molar-refractivity contribution in [2.24, 2.45) is 0 Å². The van der Waals surface area contributed by atoms with Crippen LogP contribution in [0.5, 0.6) is 11.5 Å². The number of benzene rings is 3. The lowest BCUT2D eigenvalue weighted by molar-refractivity contribution is -0.131. The predicted octanol–water partition coefficient (Wildman–Crippen LogP) is 5.04. The van der Waals surface area contributed by atoms with Crippen LogP contribution in [0.15, 0.2) is 78.9 Å². The van der Waals surface area contributed by atoms with Crippen molar-refractivity contribution < 1.29 is 14.6 Å². The van der Waals surface area contributed by atoms with Crippen LogP contribution in [-0.2, 0) is 11.2 Å². The van der Waals surface area contributed by atoms with Gasteiger partial charge in [-0.25, -0.2) is 9.78 Å². The molecule has 0 radical (unpaired) electrons. The minimum atomic E-state index is -0.957. The van der Waals surface area contributed by atoms with E-state index in [-0.39, 0.29) is 0 Å². The fourth-order valence-corrected chi connectivity index (χ4v) is 2.92. The van der Waals surface area contributed by atoms with Gasteiger partial charge in [0.2, 0.25) is 0 Å². The number of carboxylic acid groups (broad SMARTS) is 1. The Hall–Kier alpha value is -3.86. The first kappa shape index (κ1) is 17.5. The minimum Gasteiger partial charge on any atom is -0.478 e. The van der Waals surface area contributed by atoms with Gasteiger partial charge in [-0.3, -0.25) is 0 Å². The number of imidazole rings is 1. The maximum Gasteiger partial charge on any atom is 0.328 e. The van der Waals surface area contributed by atoms with Gasteiger partial charge < -0.3 is 14.8 Å². The molecular formula is C23H18N2O3. The standard InChI is InChI=1S/C23H18N2O3/c26-23(27)13-10-16-6-8-17(9-7-16)14-22-24-20-12-11-19(15-21(20)25-22)28-18-4-2-1-3-5-18/h1-13,15H,14H2,(H,24,25)(H,26,27)/b13-10+. The number of carbonyl (C=O) groups is 1. The number of para-hydroxylation sites is 1. The van der Waals surface area contributed by atoms with Gasteiger partial charge in [-0.2, -0.15) is 0 Å². The van der Waals surface area contributed by atoms with E-state index in [0.29, 0.717) is 6.42 Å². The fourth-order valence-electron chi connectivity index (χ4n) is 2.92. The van der Waals surface area contributed by atoms with Crippen LogP contribution < -0.4 is 4.74 Å². The fraction of sp³-hybridized carbons (Fsp3) is 0.0435. The van der Waals surface area contributed by atoms with E-state index in [0.717, 1.165) is 45.6 Å². The van der Waals surface area contributed by atoms with Gasteiger partial charge in [-0.15, -0.1) is 0 Å². The number of hydrogen-bond acceptors (Lipinski definition) is 3. The summed E-state index contributed by atoms with van der Waals surface area (Å²) < 4.78 is 5.87. The molecule has 0 aliphatic rings. The molecule has 0 aliphatic carbocycles. The molecule has 0 saturated heterocycles. The zero-order valence-corrected chi connectivity index (χ0v) is 15.0. The summed E-state index contributed by atoms with van der Waals surface area (Å²) >= 11 is 0. The Morgan fingerprint density at radius 3 is 2.54 bits per heavy atom. The zero-order chi connectivity index (χ0) is 19.3. The molecule has 1 aromatic heterocycles. The van der Waals surface area contributed by atoms with Crippen molar-refractivity contribution >= 4 is 23.1 Å². The molecule has 0 amide bonds. The van der Waals surface area contributed by atoms with Crippen molar-refractivity contribution in [3.05, 3.63) is 95.8 Å². The average molecular weight is 370 g/mol. The van der Waals surface area contributed by atoms with Gasteiger partial charge in [0.25, 0.3) is 0 Å². The number of carboxylic acids is 1. The monoisotopic (exact) mass is 370 g/mol. The van der Waals surface area contributed by atoms with E-state index in [1.54, 1.807) is 6.08 Å². The third kappa shape index (κ3) is 4.27. The van der Waals surface area contributed by atoms with Crippen molar-refractivity contribution in [2.75, 3.05) is 0 Å². The van der Waals surface area contributed by atoms with E-state index < -0.39 is 5.97 Å². The number of aromatic amines is 1. The van der Waals surface area contributed by atoms with Gasteiger partial charge in [0, 0.05) is 18.6 Å². The molecule has 1 heterocycles. The van der Waals surface area contributed by atoms with E-state index in [9.17, 15) is 4.79 Å². The molecule has 0 fully saturated rings. The van der Waals surface area contributed by atoms with E-state index in [1.807, 2.05) is 72.8 Å². The highest BCUT2D eigenvalue weighted by molar-refractivity contribution is 5.85. The first-order valence-electron chi connectivity index (χ1n) is 8.87. The average Bonchev–Trinajstić information content (AvgIpc) is 3.10. The highest BCUT2D eigenvalue weighted by Gasteiger charge is 2.06. The van der Waals surface area contributed by atoms with Crippen molar-refractivity contribution in [1.29, 1.82) is 0 Å². The van der Waals surface area contributed by atoms with Gasteiger partial charge in [0.1, 0.15) is 17.3 Å². The molecule has 4 rings (SSSR count). The number of hydrogen-bond donors (Lipinski definition) is 2. The van der Waals surface area contributed by atoms with Crippen LogP contribution >= 0.6 is 0 Å². The Balaban J connectivity index is 1.49. The van der Waals surface area contributed by atoms with Crippen LogP contribution in [-0.4, -0.2) is 21.0 Å². The Labute approximate surface area is 161 Å². The van der Waals surface area contributed by atoms with Crippen molar-refractivity contribution in [1.82, 2.24) is 9.97 Å². The van der Waals surface area contributed by atoms with E-state index in [2.05, 4.69) is 9.97 Å². The second-order valence-electron chi connectivity index (χ2n) is 6.37. The summed E-state index contributed by atoms with van der Waals surface area (Å²) in [5.41, 5.74) is 3.74. The van der Waals surface area contributed by atoms with E-state index in [1.165, 1.54) is 0 Å². The number of aromatic nitrogens is 2. The summed E-state index contributed by atoms with van der Waals surface area (Å²) in [6.07, 6.45) is 3.36. The van der Waals surface area contributed by atoms with Crippen molar-refractivity contribution in [2.45, 2.75) is 6.42 Å². The molecular weight excluding hydrogens is 352 g/mol. The van der Waals surface area contributed by atoms with Gasteiger partial charge in [0.05, 0.1) is 11.0 Å². The van der Waals surface area contributed by atoms with Crippen molar-refractivity contribution in [3.63, 3.8) is 0 Å². The molecule has 0 aliphatic heterocycles. The number of aliphatic carboxylic acids is 1. The summed E-state index contributed by atoms with van der Waals surface area (Å²) in [7, 11) is 0. The molecule has 138 valence electrons. The molecule has 2 N–H and O–H groups in total. The quantitative estimate of drug-likeness (QED) is 0.466. The predicted molar refractivity (Wildman–Crippen MR) is 109 cm³/mol. The summed E-state index contributed by atoms with van der Waals surface area (Å²) in [5, 5.41) is 8.69. The molecule has 3 aromatic carbocycles. The van der Waals surface area contributed by atoms with Crippen LogP contribution in [0, 0.1) is 0 Å². The normalized spacial score (nSPS) is 11.1. The van der Waals surface area contributed by atoms with Gasteiger partial charge in [-0.1, -0.05) is 42.5 Å². The Kier molecular flexibility index (Phi) is 4.89. The lowest BCUT2D eigenvalue weighted by atomic mass is 10.1. The van der Waals surface area contributed by atoms with Crippen LogP contribution in [0.2, 0.25) is 0 Å². The summed E-state index contributed by atoms with van der Waals surface area (Å²) in [6, 6.07) is 23.2. The molecule has 0 saturated carbocycles. The van der Waals surface area contributed by atoms with Crippen LogP contribution in [0.3, 0.4) is 0 Å². The summed E-state index contributed by atoms with van der Waals surface area (Å²) in [4.78, 5) is 18.6. The van der Waals surface area contributed by atoms with Crippen LogP contribution in [0.25, 0.3) is 17.1 Å². The third-order valence-electron chi connectivity index (χ3n) is 4.25. The number of fused-ring (bicyclic) bond motifs is 1. The number of ether oxygens (including phenoxy) is 1. The molecule has 0 bridgehead atoms. The molecule has 4 aromatic rings. The lowest BCUT2D eigenvalue weighted by Crippen LogP contribution is -1.91. The zero-order valence-electron chi connectivity index (χ0n) is 15.0. The molecule has 5 nitrogen and oxygen atoms in total. The summed E-state index contributed by atoms with van der Waals surface area (Å²) in [5.74, 6) is 1.45. The second kappa shape index (κ2) is 7.80. The summed E-state index contributed by atoms with van der Waals surface area (Å²) in [6.45, 7) is 0. The smallest absolute Gasteiger partial charge is 0.328 e. The van der Waals surface area contributed by atoms with Crippen molar-refractivity contribution in [3.8, 4) is 11.5 Å². The maximum atomic E-state index is 10.6. The molecule has 0 atom stereocenters. The van der Waals surface area contributed by atoms with Gasteiger partial charge in [0.15, 0.2) is 0 Å². The molecule has 0 unspecified atom stereocenters. The number of H-pyrrole nitrogens is 1. The highest BCUT2D eigenvalue weighted by Crippen LogP contribution is 2.25. The Morgan fingerprint density at radius 1 is 1.00 bits per heavy atom. The molecule has 0 spiro atoms. The Bertz CT molecular complexity index is 1130. The van der Waals surface area contributed by atoms with Gasteiger partial charge in [-0.05, 0) is 41.5 Å². The first-order chi connectivity index (χ1) is 13.7. The first-order valence-corrected chi connectivity index (χ1v) is 8.87. The van der Waals surface area contributed by atoms with E-state index >= 15 is 0 Å². The Morgan fingerprint density at radius 2 is 1.79 bits per heavy atom. The maximum absolute atomic E-state index is 10.6. The number of nitrogens with zero attached hydrogens (tertiary/aromatic N) is 1. The van der Waals surface area contributed by atoms with Crippen LogP contribution in [0.1, 0.15) is 17.0 Å². The third-order valence-corrected chi connectivity index (χ3v) is 4.25. The van der Waals surface area contributed by atoms with Gasteiger partial charge >= 0.3 is 5.97 Å². The molecule has 5 heteroatoms. The number of nitrogens with one attached hydrogen (secondary N) is 1. The van der Waals surface area contributed by atoms with Crippen LogP contribution in [0.4, 0.5) is 0 Å². The number of rotatable bonds is 6. The second-order valence-corrected chi connectivity index (χ2v) is 6.37. The largest absolute Gasteiger partial charge is 0.478 e.